The van der Waals surface area contributed by atoms with Gasteiger partial charge in [-0.2, -0.15) is 10.2 Å². The second-order valence-corrected chi connectivity index (χ2v) is 7.15. The lowest BCUT2D eigenvalue weighted by Gasteiger charge is -1.99. The molecular weight excluding hydrogens is 296 g/mol. The number of rotatable bonds is 5. The normalized spacial score (nSPS) is 11.8. The van der Waals surface area contributed by atoms with Crippen LogP contribution in [0.5, 0.6) is 0 Å². The molecule has 0 amide bonds. The van der Waals surface area contributed by atoms with Crippen LogP contribution in [-0.4, -0.2) is 51.1 Å². The molecule has 0 unspecified atom stereocenters. The topological polar surface area (TPSA) is 107 Å². The van der Waals surface area contributed by atoms with Crippen molar-refractivity contribution in [1.29, 1.82) is 0 Å². The zero-order valence-electron chi connectivity index (χ0n) is 11.9. The summed E-state index contributed by atoms with van der Waals surface area (Å²) < 4.78 is 25.3. The fraction of sp³-hybridized carbons (Fsp3) is 0.417. The molecule has 21 heavy (non-hydrogen) atoms. The molecule has 114 valence electrons. The Bertz CT molecular complexity index is 788. The molecule has 0 aliphatic rings. The van der Waals surface area contributed by atoms with Gasteiger partial charge >= 0.3 is 5.97 Å². The first-order valence-corrected chi connectivity index (χ1v) is 8.22. The summed E-state index contributed by atoms with van der Waals surface area (Å²) in [4.78, 5) is 11.3. The molecule has 0 fully saturated rings. The van der Waals surface area contributed by atoms with Crippen LogP contribution in [0.15, 0.2) is 12.4 Å². The average molecular weight is 312 g/mol. The number of nitrogens with zero attached hydrogens (tertiary/aromatic N) is 4. The molecular formula is C12H16N4O4S. The van der Waals surface area contributed by atoms with Crippen molar-refractivity contribution in [3.8, 4) is 11.3 Å². The van der Waals surface area contributed by atoms with Crippen molar-refractivity contribution in [3.05, 3.63) is 23.7 Å². The van der Waals surface area contributed by atoms with Crippen LogP contribution in [0.3, 0.4) is 0 Å². The Morgan fingerprint density at radius 3 is 2.48 bits per heavy atom. The highest BCUT2D eigenvalue weighted by atomic mass is 32.2. The molecule has 0 aromatic carbocycles. The maximum Gasteiger partial charge on any atom is 0.339 e. The van der Waals surface area contributed by atoms with Crippen LogP contribution in [0.4, 0.5) is 0 Å². The van der Waals surface area contributed by atoms with Crippen molar-refractivity contribution in [2.45, 2.75) is 13.5 Å². The summed E-state index contributed by atoms with van der Waals surface area (Å²) in [6.45, 7) is 1.87. The maximum absolute atomic E-state index is 11.3. The van der Waals surface area contributed by atoms with Gasteiger partial charge < -0.3 is 5.11 Å². The second kappa shape index (κ2) is 5.32. The minimum absolute atomic E-state index is 0.0274. The van der Waals surface area contributed by atoms with Crippen molar-refractivity contribution in [3.63, 3.8) is 0 Å². The molecule has 0 aliphatic carbocycles. The zero-order chi connectivity index (χ0) is 15.8. The monoisotopic (exact) mass is 312 g/mol. The first kappa shape index (κ1) is 15.2. The second-order valence-electron chi connectivity index (χ2n) is 4.89. The van der Waals surface area contributed by atoms with Crippen LogP contribution in [0.25, 0.3) is 11.3 Å². The number of carbonyl (C=O) groups is 1. The number of aromatic nitrogens is 4. The molecule has 0 saturated carbocycles. The van der Waals surface area contributed by atoms with Crippen LogP contribution in [-0.2, 0) is 23.4 Å². The Hall–Kier alpha value is -2.16. The van der Waals surface area contributed by atoms with Gasteiger partial charge in [-0.25, -0.2) is 13.2 Å². The minimum Gasteiger partial charge on any atom is -0.478 e. The predicted octanol–water partition coefficient (Wildman–Crippen LogP) is 0.335. The predicted molar refractivity (Wildman–Crippen MR) is 75.8 cm³/mol. The Morgan fingerprint density at radius 2 is 2.00 bits per heavy atom. The van der Waals surface area contributed by atoms with E-state index in [1.54, 1.807) is 24.9 Å². The summed E-state index contributed by atoms with van der Waals surface area (Å²) in [5.74, 6) is -1.21. The SMILES string of the molecule is Cc1nn(C)cc1-c1nn(CCS(C)(=O)=O)cc1C(=O)O. The van der Waals surface area contributed by atoms with E-state index in [0.717, 1.165) is 6.26 Å². The molecule has 0 saturated heterocycles. The fourth-order valence-corrected chi connectivity index (χ4v) is 2.50. The van der Waals surface area contributed by atoms with Gasteiger partial charge in [0, 0.05) is 31.3 Å². The third-order valence-electron chi connectivity index (χ3n) is 2.95. The average Bonchev–Trinajstić information content (AvgIpc) is 2.89. The number of carboxylic acids is 1. The van der Waals surface area contributed by atoms with Crippen molar-refractivity contribution in [2.75, 3.05) is 12.0 Å². The third-order valence-corrected chi connectivity index (χ3v) is 3.88. The highest BCUT2D eigenvalue weighted by Crippen LogP contribution is 2.24. The molecule has 0 aliphatic heterocycles. The van der Waals surface area contributed by atoms with E-state index in [1.165, 1.54) is 10.9 Å². The Labute approximate surface area is 121 Å². The van der Waals surface area contributed by atoms with E-state index in [2.05, 4.69) is 10.2 Å². The molecule has 1 N–H and O–H groups in total. The van der Waals surface area contributed by atoms with Gasteiger partial charge in [0.1, 0.15) is 21.1 Å². The smallest absolute Gasteiger partial charge is 0.339 e. The molecule has 8 nitrogen and oxygen atoms in total. The van der Waals surface area contributed by atoms with Crippen molar-refractivity contribution < 1.29 is 18.3 Å². The molecule has 0 atom stereocenters. The lowest BCUT2D eigenvalue weighted by atomic mass is 10.1. The van der Waals surface area contributed by atoms with E-state index >= 15 is 0 Å². The highest BCUT2D eigenvalue weighted by molar-refractivity contribution is 7.90. The van der Waals surface area contributed by atoms with Gasteiger partial charge in [0.2, 0.25) is 0 Å². The summed E-state index contributed by atoms with van der Waals surface area (Å²) in [6.07, 6.45) is 4.15. The van der Waals surface area contributed by atoms with Gasteiger partial charge in [-0.15, -0.1) is 0 Å². The quantitative estimate of drug-likeness (QED) is 0.853. The lowest BCUT2D eigenvalue weighted by Crippen LogP contribution is -2.11. The Balaban J connectivity index is 2.43. The largest absolute Gasteiger partial charge is 0.478 e. The molecule has 2 aromatic heterocycles. The van der Waals surface area contributed by atoms with E-state index in [1.807, 2.05) is 0 Å². The number of hydrogen-bond acceptors (Lipinski definition) is 5. The summed E-state index contributed by atoms with van der Waals surface area (Å²) in [7, 11) is -1.41. The Kier molecular flexibility index (Phi) is 3.86. The molecule has 2 rings (SSSR count). The van der Waals surface area contributed by atoms with Gasteiger partial charge in [-0.3, -0.25) is 9.36 Å². The summed E-state index contributed by atoms with van der Waals surface area (Å²) in [6, 6.07) is 0. The summed E-state index contributed by atoms with van der Waals surface area (Å²) in [5.41, 5.74) is 1.60. The standard InChI is InChI=1S/C12H16N4O4S/c1-8-9(6-15(2)13-8)11-10(12(17)18)7-16(14-11)4-5-21(3,19)20/h6-7H,4-5H2,1-3H3,(H,17,18). The maximum atomic E-state index is 11.3. The Morgan fingerprint density at radius 1 is 1.33 bits per heavy atom. The van der Waals surface area contributed by atoms with E-state index in [4.69, 9.17) is 0 Å². The van der Waals surface area contributed by atoms with E-state index < -0.39 is 15.8 Å². The zero-order valence-corrected chi connectivity index (χ0v) is 12.8. The summed E-state index contributed by atoms with van der Waals surface area (Å²) in [5, 5.41) is 17.6. The van der Waals surface area contributed by atoms with E-state index in [-0.39, 0.29) is 17.9 Å². The van der Waals surface area contributed by atoms with E-state index in [0.29, 0.717) is 17.0 Å². The lowest BCUT2D eigenvalue weighted by molar-refractivity contribution is 0.0697. The molecule has 9 heteroatoms. The number of aromatic carboxylic acids is 1. The van der Waals surface area contributed by atoms with Crippen molar-refractivity contribution >= 4 is 15.8 Å². The van der Waals surface area contributed by atoms with E-state index in [9.17, 15) is 18.3 Å². The summed E-state index contributed by atoms with van der Waals surface area (Å²) >= 11 is 0. The van der Waals surface area contributed by atoms with Gasteiger partial charge in [0.25, 0.3) is 0 Å². The number of carboxylic acid groups (broad SMARTS) is 1. The molecule has 2 heterocycles. The van der Waals surface area contributed by atoms with Crippen LogP contribution >= 0.6 is 0 Å². The van der Waals surface area contributed by atoms with Gasteiger partial charge in [-0.1, -0.05) is 0 Å². The first-order valence-electron chi connectivity index (χ1n) is 6.16. The fourth-order valence-electron chi connectivity index (χ4n) is 1.98. The molecule has 0 radical (unpaired) electrons. The number of hydrogen-bond donors (Lipinski definition) is 1. The number of aryl methyl sites for hydroxylation is 3. The van der Waals surface area contributed by atoms with Gasteiger partial charge in [0.05, 0.1) is 18.0 Å². The molecule has 2 aromatic rings. The van der Waals surface area contributed by atoms with Crippen molar-refractivity contribution in [2.24, 2.45) is 7.05 Å². The van der Waals surface area contributed by atoms with Crippen LogP contribution < -0.4 is 0 Å². The van der Waals surface area contributed by atoms with Crippen molar-refractivity contribution in [1.82, 2.24) is 19.6 Å². The molecule has 0 spiro atoms. The first-order chi connectivity index (χ1) is 9.67. The highest BCUT2D eigenvalue weighted by Gasteiger charge is 2.20. The van der Waals surface area contributed by atoms with Crippen LogP contribution in [0.2, 0.25) is 0 Å². The minimum atomic E-state index is -3.14. The van der Waals surface area contributed by atoms with Gasteiger partial charge in [0.15, 0.2) is 0 Å². The van der Waals surface area contributed by atoms with Crippen LogP contribution in [0, 0.1) is 6.92 Å². The van der Waals surface area contributed by atoms with Gasteiger partial charge in [-0.05, 0) is 6.92 Å². The number of sulfone groups is 1. The molecule has 0 bridgehead atoms. The third kappa shape index (κ3) is 3.48. The van der Waals surface area contributed by atoms with Crippen LogP contribution in [0.1, 0.15) is 16.1 Å².